The third-order valence-corrected chi connectivity index (χ3v) is 5.52. The van der Waals surface area contributed by atoms with E-state index in [0.29, 0.717) is 24.9 Å². The van der Waals surface area contributed by atoms with Crippen LogP contribution in [-0.2, 0) is 10.0 Å². The average molecular weight is 326 g/mol. The number of rotatable bonds is 8. The zero-order chi connectivity index (χ0) is 16.0. The SMILES string of the molecule is CCCOc1ccc(S(=O)(=O)NCCC2CCCN2C)cc1. The molecule has 0 spiro atoms. The highest BCUT2D eigenvalue weighted by Gasteiger charge is 2.21. The van der Waals surface area contributed by atoms with E-state index >= 15 is 0 Å². The second kappa shape index (κ2) is 7.94. The highest BCUT2D eigenvalue weighted by molar-refractivity contribution is 7.89. The summed E-state index contributed by atoms with van der Waals surface area (Å²) in [6.45, 7) is 4.26. The first kappa shape index (κ1) is 17.2. The molecule has 1 heterocycles. The van der Waals surface area contributed by atoms with Gasteiger partial charge in [0.2, 0.25) is 10.0 Å². The summed E-state index contributed by atoms with van der Waals surface area (Å²) in [6, 6.07) is 7.08. The minimum Gasteiger partial charge on any atom is -0.494 e. The lowest BCUT2D eigenvalue weighted by Crippen LogP contribution is -2.31. The first-order valence-corrected chi connectivity index (χ1v) is 9.44. The highest BCUT2D eigenvalue weighted by atomic mass is 32.2. The van der Waals surface area contributed by atoms with Crippen molar-refractivity contribution >= 4 is 10.0 Å². The smallest absolute Gasteiger partial charge is 0.240 e. The second-order valence-corrected chi connectivity index (χ2v) is 7.55. The van der Waals surface area contributed by atoms with E-state index in [1.807, 2.05) is 6.92 Å². The molecule has 0 bridgehead atoms. The molecule has 1 aliphatic rings. The number of hydrogen-bond donors (Lipinski definition) is 1. The summed E-state index contributed by atoms with van der Waals surface area (Å²) in [6.07, 6.45) is 4.14. The Kier molecular flexibility index (Phi) is 6.23. The second-order valence-electron chi connectivity index (χ2n) is 5.78. The van der Waals surface area contributed by atoms with Gasteiger partial charge in [0.05, 0.1) is 11.5 Å². The van der Waals surface area contributed by atoms with Crippen LogP contribution in [-0.4, -0.2) is 46.1 Å². The quantitative estimate of drug-likeness (QED) is 0.796. The van der Waals surface area contributed by atoms with Crippen LogP contribution < -0.4 is 9.46 Å². The molecule has 0 radical (unpaired) electrons. The van der Waals surface area contributed by atoms with Gasteiger partial charge in [-0.05, 0) is 63.5 Å². The number of likely N-dealkylation sites (tertiary alicyclic amines) is 1. The molecule has 1 N–H and O–H groups in total. The van der Waals surface area contributed by atoms with Crippen molar-refractivity contribution in [3.8, 4) is 5.75 Å². The van der Waals surface area contributed by atoms with E-state index in [0.717, 1.165) is 25.8 Å². The van der Waals surface area contributed by atoms with E-state index in [4.69, 9.17) is 4.74 Å². The van der Waals surface area contributed by atoms with Gasteiger partial charge in [0.25, 0.3) is 0 Å². The summed E-state index contributed by atoms with van der Waals surface area (Å²) < 4.78 is 32.6. The van der Waals surface area contributed by atoms with Gasteiger partial charge in [-0.15, -0.1) is 0 Å². The molecule has 1 fully saturated rings. The van der Waals surface area contributed by atoms with Gasteiger partial charge in [-0.2, -0.15) is 0 Å². The molecule has 5 nitrogen and oxygen atoms in total. The Balaban J connectivity index is 1.86. The van der Waals surface area contributed by atoms with Crippen molar-refractivity contribution in [1.29, 1.82) is 0 Å². The van der Waals surface area contributed by atoms with Crippen LogP contribution in [0.25, 0.3) is 0 Å². The van der Waals surface area contributed by atoms with Gasteiger partial charge in [0.1, 0.15) is 5.75 Å². The van der Waals surface area contributed by atoms with E-state index in [-0.39, 0.29) is 4.90 Å². The lowest BCUT2D eigenvalue weighted by atomic mass is 10.1. The van der Waals surface area contributed by atoms with Gasteiger partial charge in [0.15, 0.2) is 0 Å². The molecule has 22 heavy (non-hydrogen) atoms. The summed E-state index contributed by atoms with van der Waals surface area (Å²) in [5, 5.41) is 0. The van der Waals surface area contributed by atoms with E-state index in [9.17, 15) is 8.42 Å². The van der Waals surface area contributed by atoms with Crippen LogP contribution in [0, 0.1) is 0 Å². The predicted molar refractivity (Wildman–Crippen MR) is 87.7 cm³/mol. The molecule has 0 aromatic heterocycles. The van der Waals surface area contributed by atoms with Crippen molar-refractivity contribution < 1.29 is 13.2 Å². The maximum Gasteiger partial charge on any atom is 0.240 e. The van der Waals surface area contributed by atoms with Crippen molar-refractivity contribution in [3.63, 3.8) is 0 Å². The van der Waals surface area contributed by atoms with Crippen molar-refractivity contribution in [2.24, 2.45) is 0 Å². The summed E-state index contributed by atoms with van der Waals surface area (Å²) in [5.74, 6) is 0.702. The van der Waals surface area contributed by atoms with Gasteiger partial charge >= 0.3 is 0 Å². The third kappa shape index (κ3) is 4.69. The van der Waals surface area contributed by atoms with Crippen molar-refractivity contribution in [3.05, 3.63) is 24.3 Å². The number of nitrogens with zero attached hydrogens (tertiary/aromatic N) is 1. The van der Waals surface area contributed by atoms with E-state index < -0.39 is 10.0 Å². The summed E-state index contributed by atoms with van der Waals surface area (Å²) in [4.78, 5) is 2.59. The Morgan fingerprint density at radius 2 is 2.05 bits per heavy atom. The largest absolute Gasteiger partial charge is 0.494 e. The molecule has 1 unspecified atom stereocenters. The van der Waals surface area contributed by atoms with Crippen LogP contribution in [0.5, 0.6) is 5.75 Å². The molecule has 2 rings (SSSR count). The highest BCUT2D eigenvalue weighted by Crippen LogP contribution is 2.18. The first-order valence-electron chi connectivity index (χ1n) is 7.95. The molecule has 124 valence electrons. The molecular formula is C16H26N2O3S. The molecule has 1 atom stereocenters. The van der Waals surface area contributed by atoms with Gasteiger partial charge in [-0.1, -0.05) is 6.92 Å². The van der Waals surface area contributed by atoms with Crippen LogP contribution in [0.1, 0.15) is 32.6 Å². The Bertz CT molecular complexity index is 557. The van der Waals surface area contributed by atoms with Gasteiger partial charge in [-0.25, -0.2) is 13.1 Å². The predicted octanol–water partition coefficient (Wildman–Crippen LogP) is 2.24. The first-order chi connectivity index (χ1) is 10.5. The maximum atomic E-state index is 12.2. The monoisotopic (exact) mass is 326 g/mol. The van der Waals surface area contributed by atoms with Crippen LogP contribution in [0.4, 0.5) is 0 Å². The molecule has 1 aromatic rings. The van der Waals surface area contributed by atoms with Gasteiger partial charge < -0.3 is 9.64 Å². The normalized spacial score (nSPS) is 19.5. The fraction of sp³-hybridized carbons (Fsp3) is 0.625. The lowest BCUT2D eigenvalue weighted by Gasteiger charge is -2.19. The number of sulfonamides is 1. The average Bonchev–Trinajstić information content (AvgIpc) is 2.91. The van der Waals surface area contributed by atoms with Crippen LogP contribution >= 0.6 is 0 Å². The Hall–Kier alpha value is -1.11. The van der Waals surface area contributed by atoms with Crippen molar-refractivity contribution in [1.82, 2.24) is 9.62 Å². The summed E-state index contributed by atoms with van der Waals surface area (Å²) >= 11 is 0. The molecule has 1 saturated heterocycles. The molecular weight excluding hydrogens is 300 g/mol. The van der Waals surface area contributed by atoms with E-state index in [1.165, 1.54) is 6.42 Å². The minimum absolute atomic E-state index is 0.288. The molecule has 1 aliphatic heterocycles. The molecule has 0 saturated carbocycles. The van der Waals surface area contributed by atoms with Crippen molar-refractivity contribution in [2.75, 3.05) is 26.7 Å². The number of nitrogens with one attached hydrogen (secondary N) is 1. The van der Waals surface area contributed by atoms with Crippen LogP contribution in [0.15, 0.2) is 29.2 Å². The third-order valence-electron chi connectivity index (χ3n) is 4.05. The molecule has 0 aliphatic carbocycles. The van der Waals surface area contributed by atoms with Gasteiger partial charge in [-0.3, -0.25) is 0 Å². The lowest BCUT2D eigenvalue weighted by molar-refractivity contribution is 0.297. The molecule has 6 heteroatoms. The Morgan fingerprint density at radius 3 is 2.64 bits per heavy atom. The van der Waals surface area contributed by atoms with Crippen LogP contribution in [0.2, 0.25) is 0 Å². The zero-order valence-corrected chi connectivity index (χ0v) is 14.2. The van der Waals surface area contributed by atoms with Gasteiger partial charge in [0, 0.05) is 12.6 Å². The van der Waals surface area contributed by atoms with E-state index in [1.54, 1.807) is 24.3 Å². The maximum absolute atomic E-state index is 12.2. The fourth-order valence-electron chi connectivity index (χ4n) is 2.72. The Morgan fingerprint density at radius 1 is 1.32 bits per heavy atom. The fourth-order valence-corrected chi connectivity index (χ4v) is 3.77. The zero-order valence-electron chi connectivity index (χ0n) is 13.4. The molecule has 1 aromatic carbocycles. The summed E-state index contributed by atoms with van der Waals surface area (Å²) in [7, 11) is -1.33. The Labute approximate surface area is 133 Å². The van der Waals surface area contributed by atoms with Crippen molar-refractivity contribution in [2.45, 2.75) is 43.5 Å². The number of hydrogen-bond acceptors (Lipinski definition) is 4. The topological polar surface area (TPSA) is 58.6 Å². The molecule has 0 amide bonds. The number of ether oxygens (including phenoxy) is 1. The van der Waals surface area contributed by atoms with E-state index in [2.05, 4.69) is 16.7 Å². The minimum atomic E-state index is -3.43. The summed E-state index contributed by atoms with van der Waals surface area (Å²) in [5.41, 5.74) is 0. The number of benzene rings is 1. The van der Waals surface area contributed by atoms with Crippen LogP contribution in [0.3, 0.4) is 0 Å². The standard InChI is InChI=1S/C16H26N2O3S/c1-3-13-21-15-6-8-16(9-7-15)22(19,20)17-11-10-14-5-4-12-18(14)2/h6-9,14,17H,3-5,10-13H2,1-2H3.